The van der Waals surface area contributed by atoms with Crippen LogP contribution in [0.5, 0.6) is 0 Å². The molecular weight excluding hydrogens is 224 g/mol. The van der Waals surface area contributed by atoms with Crippen LogP contribution in [0.2, 0.25) is 0 Å². The SMILES string of the molecule is CC(=O)C1(COCc2ccccc2)C=CCC=C1. The van der Waals surface area contributed by atoms with Crippen molar-refractivity contribution in [3.8, 4) is 0 Å². The predicted molar refractivity (Wildman–Crippen MR) is 72.1 cm³/mol. The molecule has 0 N–H and O–H groups in total. The molecule has 2 nitrogen and oxygen atoms in total. The summed E-state index contributed by atoms with van der Waals surface area (Å²) in [6.45, 7) is 2.56. The van der Waals surface area contributed by atoms with Gasteiger partial charge in [0, 0.05) is 0 Å². The molecule has 2 rings (SSSR count). The van der Waals surface area contributed by atoms with E-state index < -0.39 is 5.41 Å². The predicted octanol–water partition coefficient (Wildman–Crippen LogP) is 3.29. The van der Waals surface area contributed by atoms with E-state index in [1.165, 1.54) is 0 Å². The first-order valence-electron chi connectivity index (χ1n) is 6.21. The van der Waals surface area contributed by atoms with Gasteiger partial charge >= 0.3 is 0 Å². The Morgan fingerprint density at radius 2 is 1.89 bits per heavy atom. The van der Waals surface area contributed by atoms with Crippen LogP contribution in [0.1, 0.15) is 18.9 Å². The minimum atomic E-state index is -0.562. The van der Waals surface area contributed by atoms with Crippen molar-refractivity contribution >= 4 is 5.78 Å². The van der Waals surface area contributed by atoms with Crippen LogP contribution in [0, 0.1) is 5.41 Å². The number of benzene rings is 1. The third-order valence-electron chi connectivity index (χ3n) is 3.21. The summed E-state index contributed by atoms with van der Waals surface area (Å²) in [6, 6.07) is 9.99. The monoisotopic (exact) mass is 242 g/mol. The Kier molecular flexibility index (Phi) is 4.11. The Hall–Kier alpha value is -1.67. The van der Waals surface area contributed by atoms with Gasteiger partial charge in [-0.1, -0.05) is 54.6 Å². The highest BCUT2D eigenvalue weighted by atomic mass is 16.5. The van der Waals surface area contributed by atoms with Gasteiger partial charge in [-0.25, -0.2) is 0 Å². The molecule has 0 amide bonds. The average Bonchev–Trinajstić information content (AvgIpc) is 2.41. The van der Waals surface area contributed by atoms with E-state index in [0.29, 0.717) is 13.2 Å². The van der Waals surface area contributed by atoms with Crippen LogP contribution in [0.15, 0.2) is 54.6 Å². The van der Waals surface area contributed by atoms with Crippen LogP contribution in [-0.4, -0.2) is 12.4 Å². The van der Waals surface area contributed by atoms with E-state index in [2.05, 4.69) is 0 Å². The molecule has 0 spiro atoms. The van der Waals surface area contributed by atoms with Crippen molar-refractivity contribution in [2.24, 2.45) is 5.41 Å². The number of allylic oxidation sites excluding steroid dienone is 2. The molecule has 0 aliphatic heterocycles. The van der Waals surface area contributed by atoms with Gasteiger partial charge in [0.05, 0.1) is 18.6 Å². The van der Waals surface area contributed by atoms with E-state index in [1.807, 2.05) is 54.6 Å². The Balaban J connectivity index is 1.95. The topological polar surface area (TPSA) is 26.3 Å². The number of hydrogen-bond acceptors (Lipinski definition) is 2. The molecule has 1 aliphatic rings. The lowest BCUT2D eigenvalue weighted by Crippen LogP contribution is -2.31. The van der Waals surface area contributed by atoms with Crippen molar-refractivity contribution in [2.45, 2.75) is 20.0 Å². The number of ether oxygens (including phenoxy) is 1. The maximum Gasteiger partial charge on any atom is 0.145 e. The highest BCUT2D eigenvalue weighted by Crippen LogP contribution is 2.27. The molecule has 1 aromatic rings. The van der Waals surface area contributed by atoms with Gasteiger partial charge in [0.1, 0.15) is 5.78 Å². The highest BCUT2D eigenvalue weighted by Gasteiger charge is 2.30. The van der Waals surface area contributed by atoms with Crippen LogP contribution in [0.4, 0.5) is 0 Å². The number of hydrogen-bond donors (Lipinski definition) is 0. The van der Waals surface area contributed by atoms with Gasteiger partial charge in [0.2, 0.25) is 0 Å². The van der Waals surface area contributed by atoms with Crippen LogP contribution < -0.4 is 0 Å². The summed E-state index contributed by atoms with van der Waals surface area (Å²) in [5.74, 6) is 0.128. The first kappa shape index (κ1) is 12.8. The normalized spacial score (nSPS) is 16.7. The van der Waals surface area contributed by atoms with Gasteiger partial charge in [-0.2, -0.15) is 0 Å². The summed E-state index contributed by atoms with van der Waals surface area (Å²) >= 11 is 0. The van der Waals surface area contributed by atoms with Crippen LogP contribution in [-0.2, 0) is 16.1 Å². The minimum Gasteiger partial charge on any atom is -0.375 e. The molecule has 0 aromatic heterocycles. The Bertz CT molecular complexity index is 445. The molecule has 0 unspecified atom stereocenters. The summed E-state index contributed by atoms with van der Waals surface area (Å²) in [6.07, 6.45) is 8.86. The summed E-state index contributed by atoms with van der Waals surface area (Å²) in [7, 11) is 0. The van der Waals surface area contributed by atoms with Crippen LogP contribution in [0.3, 0.4) is 0 Å². The van der Waals surface area contributed by atoms with E-state index in [4.69, 9.17) is 4.74 Å². The number of ketones is 1. The molecule has 1 aromatic carbocycles. The molecule has 0 radical (unpaired) electrons. The van der Waals surface area contributed by atoms with Gasteiger partial charge in [-0.3, -0.25) is 4.79 Å². The molecule has 0 bridgehead atoms. The molecule has 0 atom stereocenters. The highest BCUT2D eigenvalue weighted by molar-refractivity contribution is 5.87. The number of carbonyl (C=O) groups excluding carboxylic acids is 1. The average molecular weight is 242 g/mol. The first-order valence-corrected chi connectivity index (χ1v) is 6.21. The second-order valence-electron chi connectivity index (χ2n) is 4.62. The van der Waals surface area contributed by atoms with Gasteiger partial charge in [-0.15, -0.1) is 0 Å². The standard InChI is InChI=1S/C16H18O2/c1-14(17)16(10-6-3-7-11-16)13-18-12-15-8-4-2-5-9-15/h2,4-11H,3,12-13H2,1H3. The van der Waals surface area contributed by atoms with E-state index in [1.54, 1.807) is 6.92 Å². The molecule has 94 valence electrons. The maximum absolute atomic E-state index is 11.8. The molecule has 0 heterocycles. The largest absolute Gasteiger partial charge is 0.375 e. The van der Waals surface area contributed by atoms with Crippen molar-refractivity contribution < 1.29 is 9.53 Å². The van der Waals surface area contributed by atoms with Crippen molar-refractivity contribution in [3.63, 3.8) is 0 Å². The number of rotatable bonds is 5. The molecule has 0 saturated carbocycles. The van der Waals surface area contributed by atoms with E-state index in [-0.39, 0.29) is 5.78 Å². The summed E-state index contributed by atoms with van der Waals surface area (Å²) < 4.78 is 5.70. The zero-order chi connectivity index (χ0) is 12.8. The quantitative estimate of drug-likeness (QED) is 0.740. The van der Waals surface area contributed by atoms with E-state index >= 15 is 0 Å². The third kappa shape index (κ3) is 2.96. The second-order valence-corrected chi connectivity index (χ2v) is 4.62. The Morgan fingerprint density at radius 1 is 1.22 bits per heavy atom. The zero-order valence-electron chi connectivity index (χ0n) is 10.6. The van der Waals surface area contributed by atoms with Crippen molar-refractivity contribution in [2.75, 3.05) is 6.61 Å². The van der Waals surface area contributed by atoms with Gasteiger partial charge in [-0.05, 0) is 18.9 Å². The summed E-state index contributed by atoms with van der Waals surface area (Å²) in [5.41, 5.74) is 0.563. The van der Waals surface area contributed by atoms with Gasteiger partial charge in [0.15, 0.2) is 0 Å². The lowest BCUT2D eigenvalue weighted by Gasteiger charge is -2.26. The van der Waals surface area contributed by atoms with Gasteiger partial charge in [0.25, 0.3) is 0 Å². The minimum absolute atomic E-state index is 0.128. The van der Waals surface area contributed by atoms with E-state index in [9.17, 15) is 4.79 Å². The van der Waals surface area contributed by atoms with Crippen LogP contribution in [0.25, 0.3) is 0 Å². The molecule has 0 saturated heterocycles. The Labute approximate surface area is 108 Å². The van der Waals surface area contributed by atoms with Crippen molar-refractivity contribution in [1.29, 1.82) is 0 Å². The van der Waals surface area contributed by atoms with Crippen molar-refractivity contribution in [1.82, 2.24) is 0 Å². The fraction of sp³-hybridized carbons (Fsp3) is 0.312. The summed E-state index contributed by atoms with van der Waals surface area (Å²) in [4.78, 5) is 11.8. The summed E-state index contributed by atoms with van der Waals surface area (Å²) in [5, 5.41) is 0. The molecule has 1 aliphatic carbocycles. The van der Waals surface area contributed by atoms with Crippen molar-refractivity contribution in [3.05, 3.63) is 60.2 Å². The smallest absolute Gasteiger partial charge is 0.145 e. The fourth-order valence-corrected chi connectivity index (χ4v) is 2.04. The fourth-order valence-electron chi connectivity index (χ4n) is 2.04. The molecule has 18 heavy (non-hydrogen) atoms. The molecular formula is C16H18O2. The van der Waals surface area contributed by atoms with Gasteiger partial charge < -0.3 is 4.74 Å². The maximum atomic E-state index is 11.8. The Morgan fingerprint density at radius 3 is 2.50 bits per heavy atom. The molecule has 0 fully saturated rings. The lowest BCUT2D eigenvalue weighted by molar-refractivity contribution is -0.124. The molecule has 2 heteroatoms. The lowest BCUT2D eigenvalue weighted by atomic mass is 9.81. The first-order chi connectivity index (χ1) is 8.73. The van der Waals surface area contributed by atoms with Crippen LogP contribution >= 0.6 is 0 Å². The third-order valence-corrected chi connectivity index (χ3v) is 3.21. The number of carbonyl (C=O) groups is 1. The van der Waals surface area contributed by atoms with E-state index in [0.717, 1.165) is 12.0 Å². The second kappa shape index (κ2) is 5.78. The zero-order valence-corrected chi connectivity index (χ0v) is 10.6. The number of Topliss-reactive ketones (excluding diaryl/α,β-unsaturated/α-hetero) is 1.